The van der Waals surface area contributed by atoms with Gasteiger partial charge in [0.1, 0.15) is 0 Å². The van der Waals surface area contributed by atoms with E-state index in [-0.39, 0.29) is 5.97 Å². The number of benzene rings is 1. The summed E-state index contributed by atoms with van der Waals surface area (Å²) >= 11 is 0. The zero-order valence-electron chi connectivity index (χ0n) is 8.82. The van der Waals surface area contributed by atoms with E-state index >= 15 is 0 Å². The molecule has 1 aliphatic rings. The molecule has 0 aliphatic heterocycles. The van der Waals surface area contributed by atoms with Crippen LogP contribution in [0.5, 0.6) is 0 Å². The van der Waals surface area contributed by atoms with E-state index in [9.17, 15) is 4.79 Å². The molecule has 3 nitrogen and oxygen atoms in total. The number of anilines is 1. The summed E-state index contributed by atoms with van der Waals surface area (Å²) in [6, 6.07) is 5.29. The summed E-state index contributed by atoms with van der Waals surface area (Å²) in [7, 11) is 0. The van der Waals surface area contributed by atoms with E-state index in [0.717, 1.165) is 5.56 Å². The number of hydrogen-bond acceptors (Lipinski definition) is 3. The molecule has 0 aromatic heterocycles. The number of aryl methyl sites for hydroxylation is 1. The molecular weight excluding hydrogens is 190 g/mol. The molecule has 2 N–H and O–H groups in total. The molecule has 1 fully saturated rings. The highest BCUT2D eigenvalue weighted by Crippen LogP contribution is 2.29. The first-order chi connectivity index (χ1) is 7.16. The van der Waals surface area contributed by atoms with Gasteiger partial charge in [-0.3, -0.25) is 0 Å². The van der Waals surface area contributed by atoms with E-state index < -0.39 is 0 Å². The first-order valence-corrected chi connectivity index (χ1v) is 5.20. The second-order valence-electron chi connectivity index (χ2n) is 4.12. The Morgan fingerprint density at radius 1 is 1.53 bits per heavy atom. The topological polar surface area (TPSA) is 52.3 Å². The van der Waals surface area contributed by atoms with Crippen molar-refractivity contribution in [2.24, 2.45) is 5.92 Å². The molecule has 0 saturated heterocycles. The Kier molecular flexibility index (Phi) is 2.62. The minimum absolute atomic E-state index is 0.258. The monoisotopic (exact) mass is 205 g/mol. The number of hydrogen-bond donors (Lipinski definition) is 1. The molecule has 3 heteroatoms. The van der Waals surface area contributed by atoms with Crippen LogP contribution in [0.3, 0.4) is 0 Å². The number of nitrogens with two attached hydrogens (primary N) is 1. The van der Waals surface area contributed by atoms with Crippen LogP contribution in [0.1, 0.15) is 28.8 Å². The summed E-state index contributed by atoms with van der Waals surface area (Å²) in [6.45, 7) is 2.43. The van der Waals surface area contributed by atoms with Gasteiger partial charge in [-0.25, -0.2) is 4.79 Å². The lowest BCUT2D eigenvalue weighted by atomic mass is 10.1. The highest BCUT2D eigenvalue weighted by molar-refractivity contribution is 5.92. The Labute approximate surface area is 89.2 Å². The fourth-order valence-electron chi connectivity index (χ4n) is 1.42. The molecular formula is C12H15NO2. The van der Waals surface area contributed by atoms with E-state index in [1.807, 2.05) is 13.0 Å². The Hall–Kier alpha value is -1.51. The van der Waals surface area contributed by atoms with Crippen LogP contribution in [0, 0.1) is 12.8 Å². The zero-order chi connectivity index (χ0) is 10.8. The molecule has 1 saturated carbocycles. The van der Waals surface area contributed by atoms with Crippen molar-refractivity contribution in [3.05, 3.63) is 29.3 Å². The highest BCUT2D eigenvalue weighted by Gasteiger charge is 2.23. The van der Waals surface area contributed by atoms with E-state index in [2.05, 4.69) is 0 Å². The van der Waals surface area contributed by atoms with Gasteiger partial charge in [0.15, 0.2) is 0 Å². The molecule has 1 aromatic carbocycles. The fourth-order valence-corrected chi connectivity index (χ4v) is 1.42. The Morgan fingerprint density at radius 2 is 2.27 bits per heavy atom. The smallest absolute Gasteiger partial charge is 0.338 e. The van der Waals surface area contributed by atoms with Crippen molar-refractivity contribution in [3.63, 3.8) is 0 Å². The predicted molar refractivity (Wildman–Crippen MR) is 58.6 cm³/mol. The molecule has 0 radical (unpaired) electrons. The summed E-state index contributed by atoms with van der Waals surface area (Å²) in [6.07, 6.45) is 2.37. The Morgan fingerprint density at radius 3 is 2.93 bits per heavy atom. The van der Waals surface area contributed by atoms with Crippen LogP contribution >= 0.6 is 0 Å². The van der Waals surface area contributed by atoms with Crippen LogP contribution in [-0.4, -0.2) is 12.6 Å². The average molecular weight is 205 g/mol. The summed E-state index contributed by atoms with van der Waals surface area (Å²) in [5, 5.41) is 0. The minimum Gasteiger partial charge on any atom is -0.462 e. The van der Waals surface area contributed by atoms with Crippen molar-refractivity contribution in [3.8, 4) is 0 Å². The van der Waals surface area contributed by atoms with Crippen LogP contribution in [0.2, 0.25) is 0 Å². The van der Waals surface area contributed by atoms with Gasteiger partial charge < -0.3 is 10.5 Å². The van der Waals surface area contributed by atoms with Crippen molar-refractivity contribution < 1.29 is 9.53 Å². The van der Waals surface area contributed by atoms with Crippen molar-refractivity contribution in [1.82, 2.24) is 0 Å². The quantitative estimate of drug-likeness (QED) is 0.607. The molecule has 80 valence electrons. The van der Waals surface area contributed by atoms with Gasteiger partial charge in [0, 0.05) is 5.69 Å². The third kappa shape index (κ3) is 2.49. The summed E-state index contributed by atoms with van der Waals surface area (Å²) in [5.41, 5.74) is 7.71. The highest BCUT2D eigenvalue weighted by atomic mass is 16.5. The van der Waals surface area contributed by atoms with Gasteiger partial charge in [-0.2, -0.15) is 0 Å². The molecule has 0 amide bonds. The van der Waals surface area contributed by atoms with E-state index in [1.165, 1.54) is 12.8 Å². The largest absolute Gasteiger partial charge is 0.462 e. The molecule has 0 heterocycles. The average Bonchev–Trinajstić information content (AvgIpc) is 3.02. The predicted octanol–water partition coefficient (Wildman–Crippen LogP) is 2.14. The van der Waals surface area contributed by atoms with Gasteiger partial charge in [-0.05, 0) is 43.4 Å². The van der Waals surface area contributed by atoms with Crippen LogP contribution < -0.4 is 5.73 Å². The number of carbonyl (C=O) groups excluding carboxylic acids is 1. The van der Waals surface area contributed by atoms with Crippen molar-refractivity contribution >= 4 is 11.7 Å². The molecule has 1 aromatic rings. The van der Waals surface area contributed by atoms with Crippen molar-refractivity contribution in [1.29, 1.82) is 0 Å². The fraction of sp³-hybridized carbons (Fsp3) is 0.417. The molecule has 0 unspecified atom stereocenters. The molecule has 2 rings (SSSR count). The summed E-state index contributed by atoms with van der Waals surface area (Å²) in [5.74, 6) is 0.335. The Balaban J connectivity index is 2.05. The van der Waals surface area contributed by atoms with Crippen molar-refractivity contribution in [2.75, 3.05) is 12.3 Å². The van der Waals surface area contributed by atoms with Crippen LogP contribution in [-0.2, 0) is 4.74 Å². The second-order valence-corrected chi connectivity index (χ2v) is 4.12. The second kappa shape index (κ2) is 3.93. The molecule has 15 heavy (non-hydrogen) atoms. The van der Waals surface area contributed by atoms with E-state index in [4.69, 9.17) is 10.5 Å². The van der Waals surface area contributed by atoms with Crippen LogP contribution in [0.25, 0.3) is 0 Å². The SMILES string of the molecule is Cc1ccc(N)cc1C(=O)OCC1CC1. The van der Waals surface area contributed by atoms with Gasteiger partial charge in [0.05, 0.1) is 12.2 Å². The van der Waals surface area contributed by atoms with Gasteiger partial charge in [-0.15, -0.1) is 0 Å². The van der Waals surface area contributed by atoms with Gasteiger partial charge in [0.2, 0.25) is 0 Å². The van der Waals surface area contributed by atoms with Gasteiger partial charge in [0.25, 0.3) is 0 Å². The molecule has 0 bridgehead atoms. The first-order valence-electron chi connectivity index (χ1n) is 5.20. The van der Waals surface area contributed by atoms with E-state index in [1.54, 1.807) is 12.1 Å². The number of esters is 1. The van der Waals surface area contributed by atoms with Crippen LogP contribution in [0.4, 0.5) is 5.69 Å². The zero-order valence-corrected chi connectivity index (χ0v) is 8.82. The van der Waals surface area contributed by atoms with Gasteiger partial charge in [-0.1, -0.05) is 6.07 Å². The maximum absolute atomic E-state index is 11.7. The molecule has 1 aliphatic carbocycles. The number of carbonyl (C=O) groups is 1. The van der Waals surface area contributed by atoms with Gasteiger partial charge >= 0.3 is 5.97 Å². The van der Waals surface area contributed by atoms with E-state index in [0.29, 0.717) is 23.8 Å². The van der Waals surface area contributed by atoms with Crippen LogP contribution in [0.15, 0.2) is 18.2 Å². The lowest BCUT2D eigenvalue weighted by Crippen LogP contribution is -2.09. The summed E-state index contributed by atoms with van der Waals surface area (Å²) in [4.78, 5) is 11.7. The third-order valence-electron chi connectivity index (χ3n) is 2.63. The first kappa shape index (κ1) is 10.0. The molecule has 0 spiro atoms. The minimum atomic E-state index is -0.258. The lowest BCUT2D eigenvalue weighted by molar-refractivity contribution is 0.0485. The molecule has 0 atom stereocenters. The number of rotatable bonds is 3. The third-order valence-corrected chi connectivity index (χ3v) is 2.63. The normalized spacial score (nSPS) is 15.0. The number of ether oxygens (including phenoxy) is 1. The summed E-state index contributed by atoms with van der Waals surface area (Å²) < 4.78 is 5.19. The standard InChI is InChI=1S/C12H15NO2/c1-8-2-5-10(13)6-11(8)12(14)15-7-9-3-4-9/h2,5-6,9H,3-4,7,13H2,1H3. The van der Waals surface area contributed by atoms with Crippen molar-refractivity contribution in [2.45, 2.75) is 19.8 Å². The Bertz CT molecular complexity index is 383. The maximum Gasteiger partial charge on any atom is 0.338 e. The maximum atomic E-state index is 11.7. The lowest BCUT2D eigenvalue weighted by Gasteiger charge is -2.07. The number of nitrogen functional groups attached to an aromatic ring is 1.